The van der Waals surface area contributed by atoms with Crippen LogP contribution in [0, 0.1) is 0 Å². The molecule has 1 atom stereocenters. The van der Waals surface area contributed by atoms with Crippen molar-refractivity contribution in [3.8, 4) is 16.4 Å². The largest absolute Gasteiger partial charge is 0.394 e. The molecule has 3 rings (SSSR count). The van der Waals surface area contributed by atoms with Crippen molar-refractivity contribution >= 4 is 29.0 Å². The third kappa shape index (κ3) is 4.35. The van der Waals surface area contributed by atoms with E-state index in [1.54, 1.807) is 11.8 Å². The van der Waals surface area contributed by atoms with Gasteiger partial charge >= 0.3 is 0 Å². The third-order valence-electron chi connectivity index (χ3n) is 3.92. The van der Waals surface area contributed by atoms with E-state index in [4.69, 9.17) is 4.98 Å². The van der Waals surface area contributed by atoms with Gasteiger partial charge in [-0.05, 0) is 30.6 Å². The van der Waals surface area contributed by atoms with E-state index in [1.165, 1.54) is 11.3 Å². The van der Waals surface area contributed by atoms with Gasteiger partial charge in [-0.2, -0.15) is 11.8 Å². The summed E-state index contributed by atoms with van der Waals surface area (Å²) >= 11 is 3.04. The summed E-state index contributed by atoms with van der Waals surface area (Å²) in [7, 11) is 0. The highest BCUT2D eigenvalue weighted by atomic mass is 32.2. The molecule has 3 aromatic rings. The number of thiazole rings is 1. The molecule has 26 heavy (non-hydrogen) atoms. The van der Waals surface area contributed by atoms with Crippen LogP contribution in [0.1, 0.15) is 16.1 Å². The van der Waals surface area contributed by atoms with Gasteiger partial charge in [-0.1, -0.05) is 41.7 Å². The summed E-state index contributed by atoms with van der Waals surface area (Å²) in [5.41, 5.74) is 1.57. The van der Waals surface area contributed by atoms with Gasteiger partial charge in [0.25, 0.3) is 5.91 Å². The topological polar surface area (TPSA) is 67.2 Å². The number of nitrogens with zero attached hydrogens (tertiary/aromatic N) is 2. The first-order chi connectivity index (χ1) is 12.7. The number of aliphatic hydroxyl groups excluding tert-OH is 1. The first-order valence-electron chi connectivity index (χ1n) is 8.33. The van der Waals surface area contributed by atoms with E-state index in [0.717, 1.165) is 22.9 Å². The number of thioether (sulfide) groups is 1. The van der Waals surface area contributed by atoms with Gasteiger partial charge in [0.2, 0.25) is 0 Å². The lowest BCUT2D eigenvalue weighted by Gasteiger charge is -2.15. The van der Waals surface area contributed by atoms with Crippen LogP contribution in [-0.4, -0.2) is 45.2 Å². The molecule has 1 aromatic carbocycles. The fraction of sp³-hybridized carbons (Fsp3) is 0.263. The van der Waals surface area contributed by atoms with Crippen molar-refractivity contribution in [2.45, 2.75) is 12.5 Å². The van der Waals surface area contributed by atoms with E-state index < -0.39 is 0 Å². The van der Waals surface area contributed by atoms with Crippen LogP contribution in [0.3, 0.4) is 0 Å². The Kier molecular flexibility index (Phi) is 6.49. The van der Waals surface area contributed by atoms with E-state index in [9.17, 15) is 9.90 Å². The van der Waals surface area contributed by atoms with Crippen LogP contribution in [0.15, 0.2) is 54.9 Å². The van der Waals surface area contributed by atoms with Crippen molar-refractivity contribution in [1.82, 2.24) is 14.9 Å². The number of rotatable bonds is 8. The van der Waals surface area contributed by atoms with E-state index in [1.807, 2.05) is 65.7 Å². The molecule has 1 amide bonds. The van der Waals surface area contributed by atoms with Gasteiger partial charge in [-0.3, -0.25) is 4.79 Å². The molecule has 0 saturated carbocycles. The fourth-order valence-electron chi connectivity index (χ4n) is 2.55. The molecule has 5 nitrogen and oxygen atoms in total. The lowest BCUT2D eigenvalue weighted by atomic mass is 10.1. The highest BCUT2D eigenvalue weighted by Gasteiger charge is 2.22. The minimum Gasteiger partial charge on any atom is -0.394 e. The van der Waals surface area contributed by atoms with Gasteiger partial charge in [-0.15, -0.1) is 0 Å². The summed E-state index contributed by atoms with van der Waals surface area (Å²) in [6, 6.07) is 13.3. The molecule has 2 heterocycles. The average Bonchev–Trinajstić information content (AvgIpc) is 3.35. The van der Waals surface area contributed by atoms with Crippen LogP contribution in [0.25, 0.3) is 16.4 Å². The number of amides is 1. The Hall–Kier alpha value is -2.09. The quantitative estimate of drug-likeness (QED) is 0.621. The first-order valence-corrected chi connectivity index (χ1v) is 10.5. The number of carbonyl (C=O) groups excluding carboxylic acids is 1. The van der Waals surface area contributed by atoms with Crippen LogP contribution < -0.4 is 5.32 Å². The van der Waals surface area contributed by atoms with Crippen molar-refractivity contribution in [1.29, 1.82) is 0 Å². The fourth-order valence-corrected chi connectivity index (χ4v) is 4.03. The van der Waals surface area contributed by atoms with Crippen molar-refractivity contribution in [3.63, 3.8) is 0 Å². The van der Waals surface area contributed by atoms with E-state index in [0.29, 0.717) is 10.6 Å². The molecule has 2 aromatic heterocycles. The normalized spacial score (nSPS) is 12.1. The second-order valence-electron chi connectivity index (χ2n) is 5.76. The van der Waals surface area contributed by atoms with Crippen LogP contribution in [0.5, 0.6) is 0 Å². The molecule has 0 fully saturated rings. The first kappa shape index (κ1) is 18.7. The zero-order valence-corrected chi connectivity index (χ0v) is 16.1. The SMILES string of the molecule is CSCC[C@@H](CO)NC(=O)c1sc(-n2cccc2)nc1-c1ccccc1. The van der Waals surface area contributed by atoms with E-state index in [-0.39, 0.29) is 18.6 Å². The summed E-state index contributed by atoms with van der Waals surface area (Å²) in [4.78, 5) is 18.1. The number of hydrogen-bond acceptors (Lipinski definition) is 5. The Morgan fingerprint density at radius 2 is 2.00 bits per heavy atom. The number of benzene rings is 1. The van der Waals surface area contributed by atoms with Gasteiger partial charge in [0, 0.05) is 18.0 Å². The number of aromatic nitrogens is 2. The molecule has 2 N–H and O–H groups in total. The van der Waals surface area contributed by atoms with Crippen molar-refractivity contribution < 1.29 is 9.90 Å². The lowest BCUT2D eigenvalue weighted by Crippen LogP contribution is -2.37. The Balaban J connectivity index is 1.92. The molecule has 0 unspecified atom stereocenters. The molecule has 136 valence electrons. The molecule has 0 bridgehead atoms. The molecule has 0 aliphatic carbocycles. The third-order valence-corrected chi connectivity index (χ3v) is 5.63. The maximum Gasteiger partial charge on any atom is 0.264 e. The summed E-state index contributed by atoms with van der Waals surface area (Å²) in [6.45, 7) is -0.0732. The smallest absolute Gasteiger partial charge is 0.264 e. The van der Waals surface area contributed by atoms with E-state index in [2.05, 4.69) is 5.32 Å². The van der Waals surface area contributed by atoms with Gasteiger partial charge < -0.3 is 15.0 Å². The highest BCUT2D eigenvalue weighted by Crippen LogP contribution is 2.30. The molecular weight excluding hydrogens is 366 g/mol. The molecule has 7 heteroatoms. The minimum atomic E-state index is -0.254. The number of nitrogens with one attached hydrogen (secondary N) is 1. The van der Waals surface area contributed by atoms with Crippen LogP contribution >= 0.6 is 23.1 Å². The molecule has 0 aliphatic heterocycles. The number of carbonyl (C=O) groups is 1. The van der Waals surface area contributed by atoms with Gasteiger partial charge in [0.15, 0.2) is 5.13 Å². The predicted octanol–water partition coefficient (Wildman–Crippen LogP) is 3.44. The summed E-state index contributed by atoms with van der Waals surface area (Å²) in [5, 5.41) is 13.2. The molecule has 0 saturated heterocycles. The van der Waals surface area contributed by atoms with Gasteiger partial charge in [0.05, 0.1) is 18.3 Å². The molecular formula is C19H21N3O2S2. The van der Waals surface area contributed by atoms with Crippen molar-refractivity contribution in [2.24, 2.45) is 0 Å². The average molecular weight is 388 g/mol. The zero-order valence-electron chi connectivity index (χ0n) is 14.5. The van der Waals surface area contributed by atoms with Crippen molar-refractivity contribution in [3.05, 3.63) is 59.7 Å². The molecule has 0 spiro atoms. The molecule has 0 radical (unpaired) electrons. The van der Waals surface area contributed by atoms with E-state index >= 15 is 0 Å². The summed E-state index contributed by atoms with van der Waals surface area (Å²) in [5.74, 6) is 0.689. The van der Waals surface area contributed by atoms with Gasteiger partial charge in [0.1, 0.15) is 4.88 Å². The summed E-state index contributed by atoms with van der Waals surface area (Å²) in [6.07, 6.45) is 6.55. The Morgan fingerprint density at radius 1 is 1.27 bits per heavy atom. The maximum absolute atomic E-state index is 12.9. The standard InChI is InChI=1S/C19H21N3O2S2/c1-25-12-9-15(13-23)20-18(24)17-16(14-7-3-2-4-8-14)21-19(26-17)22-10-5-6-11-22/h2-8,10-11,15,23H,9,12-13H2,1H3,(H,20,24)/t15-/m0/s1. The Labute approximate surface area is 161 Å². The lowest BCUT2D eigenvalue weighted by molar-refractivity contribution is 0.0920. The van der Waals surface area contributed by atoms with Crippen LogP contribution in [0.2, 0.25) is 0 Å². The van der Waals surface area contributed by atoms with Gasteiger partial charge in [-0.25, -0.2) is 4.98 Å². The van der Waals surface area contributed by atoms with Crippen molar-refractivity contribution in [2.75, 3.05) is 18.6 Å². The predicted molar refractivity (Wildman–Crippen MR) is 108 cm³/mol. The Morgan fingerprint density at radius 3 is 2.65 bits per heavy atom. The monoisotopic (exact) mass is 387 g/mol. The minimum absolute atomic E-state index is 0.0732. The molecule has 0 aliphatic rings. The number of hydrogen-bond donors (Lipinski definition) is 2. The maximum atomic E-state index is 12.9. The second-order valence-corrected chi connectivity index (χ2v) is 7.73. The summed E-state index contributed by atoms with van der Waals surface area (Å²) < 4.78 is 1.89. The van der Waals surface area contributed by atoms with Crippen LogP contribution in [-0.2, 0) is 0 Å². The Bertz CT molecular complexity index is 832. The highest BCUT2D eigenvalue weighted by molar-refractivity contribution is 7.98. The number of aliphatic hydroxyl groups is 1. The second kappa shape index (κ2) is 9.02. The zero-order chi connectivity index (χ0) is 18.4. The van der Waals surface area contributed by atoms with Crippen LogP contribution in [0.4, 0.5) is 0 Å².